The first-order valence-corrected chi connectivity index (χ1v) is 11.9. The molecule has 2 aliphatic rings. The summed E-state index contributed by atoms with van der Waals surface area (Å²) in [5.74, 6) is 2.22. The zero-order chi connectivity index (χ0) is 23.1. The Labute approximate surface area is 199 Å². The minimum Gasteiger partial charge on any atom is -0.455 e. The summed E-state index contributed by atoms with van der Waals surface area (Å²) in [6, 6.07) is 24.5. The first-order valence-electron chi connectivity index (χ1n) is 11.9. The van der Waals surface area contributed by atoms with Crippen LogP contribution in [0.1, 0.15) is 23.5 Å². The summed E-state index contributed by atoms with van der Waals surface area (Å²) in [6.45, 7) is 2.30. The number of para-hydroxylation sites is 1. The molecule has 1 aromatic heterocycles. The lowest BCUT2D eigenvalue weighted by atomic mass is 9.77. The molecule has 1 amide bonds. The fourth-order valence-corrected chi connectivity index (χ4v) is 5.55. The standard InChI is InChI=1S/C28H28N4O2/c1-31-17-23(21-14-15-29-25(21)28(31)33)22-12-13-24-26(27(22)34-20-10-6-3-7-11-20)30-18-32(24)16-19-8-4-2-5-9-19/h2-13,18,21,23,25,29H,14-17H2,1H3. The van der Waals surface area contributed by atoms with Gasteiger partial charge in [0.15, 0.2) is 5.75 Å². The SMILES string of the molecule is CN1CC(c2ccc3c(ncn3Cc3ccccc3)c2Oc2ccccc2)C2CCNC2C1=O. The van der Waals surface area contributed by atoms with Crippen LogP contribution in [0.3, 0.4) is 0 Å². The van der Waals surface area contributed by atoms with Gasteiger partial charge in [-0.1, -0.05) is 54.6 Å². The Morgan fingerprint density at radius 2 is 1.79 bits per heavy atom. The minimum absolute atomic E-state index is 0.125. The first-order chi connectivity index (χ1) is 16.7. The van der Waals surface area contributed by atoms with Crippen molar-refractivity contribution in [2.75, 3.05) is 20.1 Å². The van der Waals surface area contributed by atoms with E-state index < -0.39 is 0 Å². The monoisotopic (exact) mass is 452 g/mol. The maximum atomic E-state index is 12.8. The van der Waals surface area contributed by atoms with E-state index in [0.717, 1.165) is 47.6 Å². The molecule has 1 N–H and O–H groups in total. The second-order valence-electron chi connectivity index (χ2n) is 9.33. The molecular weight excluding hydrogens is 424 g/mol. The number of likely N-dealkylation sites (tertiary alicyclic amines) is 1. The van der Waals surface area contributed by atoms with Crippen molar-refractivity contribution < 1.29 is 9.53 Å². The zero-order valence-corrected chi connectivity index (χ0v) is 19.2. The molecule has 4 aromatic rings. The fourth-order valence-electron chi connectivity index (χ4n) is 5.55. The maximum Gasteiger partial charge on any atom is 0.239 e. The number of ether oxygens (including phenoxy) is 1. The van der Waals surface area contributed by atoms with E-state index in [1.165, 1.54) is 5.56 Å². The summed E-state index contributed by atoms with van der Waals surface area (Å²) in [5, 5.41) is 3.42. The van der Waals surface area contributed by atoms with Gasteiger partial charge < -0.3 is 19.5 Å². The Kier molecular flexibility index (Phi) is 5.30. The van der Waals surface area contributed by atoms with E-state index in [-0.39, 0.29) is 23.8 Å². The molecule has 3 unspecified atom stereocenters. The third-order valence-corrected chi connectivity index (χ3v) is 7.23. The van der Waals surface area contributed by atoms with Crippen LogP contribution in [0.2, 0.25) is 0 Å². The molecule has 2 fully saturated rings. The smallest absolute Gasteiger partial charge is 0.239 e. The van der Waals surface area contributed by atoms with Crippen LogP contribution in [-0.4, -0.2) is 46.5 Å². The van der Waals surface area contributed by atoms with Gasteiger partial charge in [-0.3, -0.25) is 4.79 Å². The lowest BCUT2D eigenvalue weighted by Gasteiger charge is -2.39. The van der Waals surface area contributed by atoms with Gasteiger partial charge in [0.2, 0.25) is 5.91 Å². The largest absolute Gasteiger partial charge is 0.455 e. The van der Waals surface area contributed by atoms with E-state index in [9.17, 15) is 4.79 Å². The second-order valence-corrected chi connectivity index (χ2v) is 9.33. The highest BCUT2D eigenvalue weighted by Gasteiger charge is 2.45. The highest BCUT2D eigenvalue weighted by atomic mass is 16.5. The first kappa shape index (κ1) is 20.9. The Hall–Kier alpha value is -3.64. The van der Waals surface area contributed by atoms with Gasteiger partial charge >= 0.3 is 0 Å². The number of fused-ring (bicyclic) bond motifs is 2. The molecule has 2 saturated heterocycles. The minimum atomic E-state index is -0.125. The summed E-state index contributed by atoms with van der Waals surface area (Å²) in [5.41, 5.74) is 4.25. The molecular formula is C28H28N4O2. The quantitative estimate of drug-likeness (QED) is 0.487. The number of nitrogens with zero attached hydrogens (tertiary/aromatic N) is 3. The van der Waals surface area contributed by atoms with Crippen LogP contribution >= 0.6 is 0 Å². The zero-order valence-electron chi connectivity index (χ0n) is 19.2. The number of carbonyl (C=O) groups excluding carboxylic acids is 1. The van der Waals surface area contributed by atoms with Crippen molar-refractivity contribution in [3.63, 3.8) is 0 Å². The number of aromatic nitrogens is 2. The third kappa shape index (κ3) is 3.64. The molecule has 3 heterocycles. The van der Waals surface area contributed by atoms with E-state index >= 15 is 0 Å². The van der Waals surface area contributed by atoms with Crippen molar-refractivity contribution >= 4 is 16.9 Å². The molecule has 2 aliphatic heterocycles. The van der Waals surface area contributed by atoms with Crippen molar-refractivity contribution in [1.29, 1.82) is 0 Å². The average molecular weight is 453 g/mol. The van der Waals surface area contributed by atoms with Gasteiger partial charge in [-0.15, -0.1) is 0 Å². The van der Waals surface area contributed by atoms with E-state index in [1.54, 1.807) is 0 Å². The van der Waals surface area contributed by atoms with Crippen LogP contribution in [-0.2, 0) is 11.3 Å². The summed E-state index contributed by atoms with van der Waals surface area (Å²) in [6.07, 6.45) is 2.88. The Morgan fingerprint density at radius 3 is 2.59 bits per heavy atom. The number of carbonyl (C=O) groups is 1. The second kappa shape index (κ2) is 8.61. The van der Waals surface area contributed by atoms with Gasteiger partial charge in [-0.05, 0) is 42.6 Å². The van der Waals surface area contributed by atoms with Crippen molar-refractivity contribution in [3.05, 3.63) is 90.3 Å². The molecule has 6 nitrogen and oxygen atoms in total. The number of rotatable bonds is 5. The Morgan fingerprint density at radius 1 is 1.03 bits per heavy atom. The van der Waals surface area contributed by atoms with Gasteiger partial charge in [0.1, 0.15) is 11.3 Å². The topological polar surface area (TPSA) is 59.4 Å². The van der Waals surface area contributed by atoms with Crippen LogP contribution < -0.4 is 10.1 Å². The van der Waals surface area contributed by atoms with Crippen LogP contribution in [0.5, 0.6) is 11.5 Å². The molecule has 0 bridgehead atoms. The molecule has 0 radical (unpaired) electrons. The summed E-state index contributed by atoms with van der Waals surface area (Å²) >= 11 is 0. The van der Waals surface area contributed by atoms with E-state index in [1.807, 2.05) is 54.7 Å². The number of nitrogens with one attached hydrogen (secondary N) is 1. The van der Waals surface area contributed by atoms with Crippen LogP contribution in [0.4, 0.5) is 0 Å². The van der Waals surface area contributed by atoms with Crippen molar-refractivity contribution in [2.45, 2.75) is 24.9 Å². The number of benzene rings is 3. The van der Waals surface area contributed by atoms with Crippen LogP contribution in [0, 0.1) is 5.92 Å². The number of hydrogen-bond acceptors (Lipinski definition) is 4. The maximum absolute atomic E-state index is 12.8. The molecule has 0 aliphatic carbocycles. The molecule has 172 valence electrons. The fraction of sp³-hybridized carbons (Fsp3) is 0.286. The third-order valence-electron chi connectivity index (χ3n) is 7.23. The van der Waals surface area contributed by atoms with Crippen LogP contribution in [0.25, 0.3) is 11.0 Å². The molecule has 0 spiro atoms. The average Bonchev–Trinajstić information content (AvgIpc) is 3.51. The summed E-state index contributed by atoms with van der Waals surface area (Å²) in [4.78, 5) is 19.4. The lowest BCUT2D eigenvalue weighted by Crippen LogP contribution is -2.52. The van der Waals surface area contributed by atoms with Gasteiger partial charge in [-0.25, -0.2) is 4.98 Å². The number of hydrogen-bond donors (Lipinski definition) is 1. The molecule has 0 saturated carbocycles. The van der Waals surface area contributed by atoms with Gasteiger partial charge in [0.25, 0.3) is 0 Å². The molecule has 6 rings (SSSR count). The lowest BCUT2D eigenvalue weighted by molar-refractivity contribution is -0.136. The van der Waals surface area contributed by atoms with Crippen molar-refractivity contribution in [3.8, 4) is 11.5 Å². The van der Waals surface area contributed by atoms with Gasteiger partial charge in [0.05, 0.1) is 17.9 Å². The molecule has 6 heteroatoms. The van der Waals surface area contributed by atoms with Gasteiger partial charge in [-0.2, -0.15) is 0 Å². The predicted octanol–water partition coefficient (Wildman–Crippen LogP) is 4.41. The van der Waals surface area contributed by atoms with Crippen LogP contribution in [0.15, 0.2) is 79.1 Å². The summed E-state index contributed by atoms with van der Waals surface area (Å²) in [7, 11) is 1.90. The van der Waals surface area contributed by atoms with E-state index in [4.69, 9.17) is 9.72 Å². The summed E-state index contributed by atoms with van der Waals surface area (Å²) < 4.78 is 8.72. The highest BCUT2D eigenvalue weighted by Crippen LogP contribution is 2.44. The van der Waals surface area contributed by atoms with E-state index in [0.29, 0.717) is 6.54 Å². The Balaban J connectivity index is 1.46. The number of amides is 1. The van der Waals surface area contributed by atoms with E-state index in [2.05, 4.69) is 46.3 Å². The number of imidazole rings is 1. The number of likely N-dealkylation sites (N-methyl/N-ethyl adjacent to an activating group) is 1. The van der Waals surface area contributed by atoms with Crippen molar-refractivity contribution in [1.82, 2.24) is 19.8 Å². The Bertz CT molecular complexity index is 1320. The van der Waals surface area contributed by atoms with Crippen molar-refractivity contribution in [2.24, 2.45) is 5.92 Å². The number of piperidine rings is 1. The molecule has 34 heavy (non-hydrogen) atoms. The van der Waals surface area contributed by atoms with Gasteiger partial charge in [0, 0.05) is 31.6 Å². The molecule has 3 aromatic carbocycles. The molecule has 3 atom stereocenters. The normalized spacial score (nSPS) is 22.2. The highest BCUT2D eigenvalue weighted by molar-refractivity contribution is 5.86. The predicted molar refractivity (Wildman–Crippen MR) is 132 cm³/mol.